The Hall–Kier alpha value is -6.51. The van der Waals surface area contributed by atoms with Crippen molar-refractivity contribution in [1.82, 2.24) is 37.2 Å². The van der Waals surface area contributed by atoms with Crippen LogP contribution in [-0.2, 0) is 56.1 Å². The van der Waals surface area contributed by atoms with E-state index in [0.29, 0.717) is 36.9 Å². The number of aliphatic carboxylic acids is 5. The third kappa shape index (κ3) is 25.2. The number of nitrogens with one attached hydrogen (secondary N) is 7. The van der Waals surface area contributed by atoms with Gasteiger partial charge in [-0.2, -0.15) is 0 Å². The third-order valence-corrected chi connectivity index (χ3v) is 10.3. The molecule has 14 N–H and O–H groups in total. The highest BCUT2D eigenvalue weighted by atomic mass is 33.1. The van der Waals surface area contributed by atoms with Crippen LogP contribution in [0.15, 0.2) is 24.3 Å². The number of amides is 8. The Balaban J connectivity index is 2.59. The largest absolute Gasteiger partial charge is 0.481 e. The molecule has 0 aromatic heterocycles. The van der Waals surface area contributed by atoms with E-state index in [1.807, 2.05) is 0 Å². The quantitative estimate of drug-likeness (QED) is 0.0307. The Kier molecular flexibility index (Phi) is 25.6. The number of urea groups is 2. The van der Waals surface area contributed by atoms with Crippen LogP contribution in [0.2, 0.25) is 0 Å². The summed E-state index contributed by atoms with van der Waals surface area (Å²) < 4.78 is 4.54. The minimum atomic E-state index is -1.86. The molecule has 0 heterocycles. The summed E-state index contributed by atoms with van der Waals surface area (Å²) in [6.07, 6.45) is -2.31. The Labute approximate surface area is 361 Å². The molecule has 8 amide bonds. The highest BCUT2D eigenvalue weighted by Crippen LogP contribution is 2.22. The van der Waals surface area contributed by atoms with E-state index >= 15 is 0 Å². The molecular formula is C35H50N8O17S2. The van der Waals surface area contributed by atoms with E-state index in [-0.39, 0.29) is 44.0 Å². The maximum absolute atomic E-state index is 13.1. The molecule has 27 heteroatoms. The van der Waals surface area contributed by atoms with Crippen molar-refractivity contribution in [2.24, 2.45) is 5.73 Å². The Bertz CT molecular complexity index is 1740. The summed E-state index contributed by atoms with van der Waals surface area (Å²) in [6, 6.07) is -1.45. The van der Waals surface area contributed by atoms with Crippen LogP contribution < -0.4 is 43.0 Å². The van der Waals surface area contributed by atoms with Crippen molar-refractivity contribution in [3.05, 3.63) is 35.4 Å². The average Bonchev–Trinajstić information content (AvgIpc) is 3.18. The van der Waals surface area contributed by atoms with Gasteiger partial charge in [0.2, 0.25) is 17.7 Å². The summed E-state index contributed by atoms with van der Waals surface area (Å²) in [4.78, 5) is 130. The fourth-order valence-corrected chi connectivity index (χ4v) is 6.84. The molecule has 0 fully saturated rings. The van der Waals surface area contributed by atoms with E-state index < -0.39 is 109 Å². The van der Waals surface area contributed by atoms with E-state index in [1.165, 1.54) is 0 Å². The number of primary amides is 1. The van der Waals surface area contributed by atoms with Gasteiger partial charge in [0.15, 0.2) is 0 Å². The summed E-state index contributed by atoms with van der Waals surface area (Å²) in [5, 5.41) is 62.5. The van der Waals surface area contributed by atoms with Crippen molar-refractivity contribution < 1.29 is 83.0 Å². The van der Waals surface area contributed by atoms with Gasteiger partial charge in [-0.25, -0.2) is 24.0 Å². The van der Waals surface area contributed by atoms with E-state index in [0.717, 1.165) is 21.6 Å². The van der Waals surface area contributed by atoms with Crippen LogP contribution in [0, 0.1) is 0 Å². The number of carbonyl (C=O) groups excluding carboxylic acids is 6. The lowest BCUT2D eigenvalue weighted by Crippen LogP contribution is -2.57. The number of carboxylic acid groups (broad SMARTS) is 5. The Morgan fingerprint density at radius 1 is 0.597 bits per heavy atom. The van der Waals surface area contributed by atoms with Crippen molar-refractivity contribution in [1.29, 1.82) is 0 Å². The van der Waals surface area contributed by atoms with Gasteiger partial charge in [0.25, 0.3) is 0 Å². The molecule has 344 valence electrons. The molecule has 0 aliphatic heterocycles. The predicted octanol–water partition coefficient (Wildman–Crippen LogP) is -1.22. The van der Waals surface area contributed by atoms with Crippen molar-refractivity contribution in [3.8, 4) is 0 Å². The molecule has 0 aliphatic rings. The topological polar surface area (TPSA) is 408 Å². The first-order valence-corrected chi connectivity index (χ1v) is 21.1. The van der Waals surface area contributed by atoms with E-state index in [2.05, 4.69) is 42.0 Å². The highest BCUT2D eigenvalue weighted by Gasteiger charge is 2.32. The number of benzene rings is 1. The second kappa shape index (κ2) is 29.7. The smallest absolute Gasteiger partial charge is 0.404 e. The lowest BCUT2D eigenvalue weighted by molar-refractivity contribution is -0.144. The van der Waals surface area contributed by atoms with E-state index in [4.69, 9.17) is 15.9 Å². The van der Waals surface area contributed by atoms with Gasteiger partial charge in [-0.3, -0.25) is 28.8 Å². The molecule has 1 aromatic carbocycles. The SMILES string of the molecule is NC(=O)OCCSSC[C@@H](NC(=O)C(CC(=O)O)NC(=O)[C@@H](CC(=O)O)NC(=O)Cc1ccc(CNC(=O)NCCCCCNC(=O)N[C@@H](CCC(=O)O)C(=O)O)cc1)C(=O)O. The number of rotatable bonds is 31. The number of carbonyl (C=O) groups is 11. The first-order chi connectivity index (χ1) is 29.3. The van der Waals surface area contributed by atoms with Crippen LogP contribution in [0.3, 0.4) is 0 Å². The van der Waals surface area contributed by atoms with Crippen molar-refractivity contribution in [3.63, 3.8) is 0 Å². The Morgan fingerprint density at radius 3 is 1.66 bits per heavy atom. The molecule has 1 aromatic rings. The normalized spacial score (nSPS) is 12.5. The molecule has 1 rings (SSSR count). The minimum absolute atomic E-state index is 0.0632. The molecule has 0 spiro atoms. The van der Waals surface area contributed by atoms with Gasteiger partial charge in [0.05, 0.1) is 19.3 Å². The monoisotopic (exact) mass is 918 g/mol. The van der Waals surface area contributed by atoms with E-state index in [1.54, 1.807) is 24.3 Å². The van der Waals surface area contributed by atoms with Gasteiger partial charge in [-0.05, 0) is 36.8 Å². The number of hydrogen-bond donors (Lipinski definition) is 13. The molecule has 0 bridgehead atoms. The predicted molar refractivity (Wildman–Crippen MR) is 217 cm³/mol. The van der Waals surface area contributed by atoms with Crippen LogP contribution >= 0.6 is 21.6 Å². The highest BCUT2D eigenvalue weighted by molar-refractivity contribution is 8.76. The fraction of sp³-hybridized carbons (Fsp3) is 0.514. The third-order valence-electron chi connectivity index (χ3n) is 7.90. The van der Waals surface area contributed by atoms with Gasteiger partial charge in [-0.15, -0.1) is 0 Å². The second-order valence-corrected chi connectivity index (χ2v) is 15.6. The molecule has 0 radical (unpaired) electrons. The number of carboxylic acids is 5. The maximum Gasteiger partial charge on any atom is 0.404 e. The van der Waals surface area contributed by atoms with Gasteiger partial charge in [0, 0.05) is 37.6 Å². The van der Waals surface area contributed by atoms with Crippen molar-refractivity contribution >= 4 is 87.3 Å². The van der Waals surface area contributed by atoms with Crippen LogP contribution in [0.4, 0.5) is 14.4 Å². The van der Waals surface area contributed by atoms with Crippen LogP contribution in [0.5, 0.6) is 0 Å². The van der Waals surface area contributed by atoms with Crippen molar-refractivity contribution in [2.45, 2.75) is 82.1 Å². The minimum Gasteiger partial charge on any atom is -0.481 e. The zero-order chi connectivity index (χ0) is 46.6. The average molecular weight is 919 g/mol. The first-order valence-electron chi connectivity index (χ1n) is 18.6. The zero-order valence-electron chi connectivity index (χ0n) is 33.0. The summed E-state index contributed by atoms with van der Waals surface area (Å²) in [6.45, 7) is 0.562. The summed E-state index contributed by atoms with van der Waals surface area (Å²) in [7, 11) is 2.07. The van der Waals surface area contributed by atoms with Gasteiger partial charge in [0.1, 0.15) is 30.8 Å². The molecule has 62 heavy (non-hydrogen) atoms. The van der Waals surface area contributed by atoms with Gasteiger partial charge in [-0.1, -0.05) is 45.9 Å². The zero-order valence-corrected chi connectivity index (χ0v) is 34.7. The van der Waals surface area contributed by atoms with Crippen molar-refractivity contribution in [2.75, 3.05) is 31.2 Å². The molecule has 0 saturated heterocycles. The molecule has 0 saturated carbocycles. The molecule has 4 atom stereocenters. The summed E-state index contributed by atoms with van der Waals surface area (Å²) in [5.74, 6) is -10.4. The number of nitrogens with two attached hydrogens (primary N) is 1. The summed E-state index contributed by atoms with van der Waals surface area (Å²) in [5.41, 5.74) is 5.92. The standard InChI is InChI=1S/C35H50N8O17S2/c36-33(57)60-12-13-61-62-18-24(32(55)56)42-30(52)23(16-28(49)50)41-29(51)22(15-27(47)48)40-25(44)14-19-4-6-20(7-5-19)17-39-34(58)37-10-2-1-3-11-38-35(59)43-21(31(53)54)8-9-26(45)46/h4-7,21-24H,1-3,8-18H2,(H2,36,57)(H,40,44)(H,41,51)(H,42,52)(H,45,46)(H,47,48)(H,49,50)(H,53,54)(H,55,56)(H2,37,39,58)(H2,38,43,59)/t21-,22+,23?,24+/m0/s1. The Morgan fingerprint density at radius 2 is 1.13 bits per heavy atom. The molecular weight excluding hydrogens is 869 g/mol. The van der Waals surface area contributed by atoms with Crippen LogP contribution in [-0.4, -0.2) is 147 Å². The first kappa shape index (κ1) is 53.5. The molecule has 1 unspecified atom stereocenters. The van der Waals surface area contributed by atoms with Crippen LogP contribution in [0.1, 0.15) is 56.1 Å². The maximum atomic E-state index is 13.1. The second-order valence-electron chi connectivity index (χ2n) is 12.9. The number of ether oxygens (including phenoxy) is 1. The molecule has 25 nitrogen and oxygen atoms in total. The lowest BCUT2D eigenvalue weighted by atomic mass is 10.1. The summed E-state index contributed by atoms with van der Waals surface area (Å²) >= 11 is 0. The van der Waals surface area contributed by atoms with Gasteiger partial charge >= 0.3 is 48.0 Å². The lowest BCUT2D eigenvalue weighted by Gasteiger charge is -2.23. The number of unbranched alkanes of at least 4 members (excludes halogenated alkanes) is 2. The fourth-order valence-electron chi connectivity index (χ4n) is 4.85. The van der Waals surface area contributed by atoms with E-state index in [9.17, 15) is 68.1 Å². The van der Waals surface area contributed by atoms with Gasteiger partial charge < -0.3 is 73.2 Å². The number of hydrogen-bond acceptors (Lipinski definition) is 14. The molecule has 0 aliphatic carbocycles. The van der Waals surface area contributed by atoms with Crippen LogP contribution in [0.25, 0.3) is 0 Å².